The molecule has 0 spiro atoms. The number of nitrogens with zero attached hydrogens (tertiary/aromatic N) is 3. The van der Waals surface area contributed by atoms with Crippen molar-refractivity contribution in [3.8, 4) is 5.75 Å². The van der Waals surface area contributed by atoms with Gasteiger partial charge in [0.05, 0.1) is 22.8 Å². The second-order valence-electron chi connectivity index (χ2n) is 6.70. The summed E-state index contributed by atoms with van der Waals surface area (Å²) in [5.41, 5.74) is 0.740. The van der Waals surface area contributed by atoms with Gasteiger partial charge in [0.2, 0.25) is 5.89 Å². The van der Waals surface area contributed by atoms with Gasteiger partial charge in [-0.3, -0.25) is 14.4 Å². The van der Waals surface area contributed by atoms with Crippen molar-refractivity contribution in [2.45, 2.75) is 25.3 Å². The number of fused-ring (bicyclic) bond motifs is 1. The molecule has 0 bridgehead atoms. The average molecular weight is 432 g/mol. The van der Waals surface area contributed by atoms with Crippen molar-refractivity contribution in [2.75, 3.05) is 16.2 Å². The second kappa shape index (κ2) is 7.41. The molecular formula is C19H17FN4O5S. The van der Waals surface area contributed by atoms with Gasteiger partial charge >= 0.3 is 0 Å². The summed E-state index contributed by atoms with van der Waals surface area (Å²) >= 11 is 0. The summed E-state index contributed by atoms with van der Waals surface area (Å²) in [6.45, 7) is 2.99. The van der Waals surface area contributed by atoms with E-state index in [9.17, 15) is 17.6 Å². The van der Waals surface area contributed by atoms with Crippen LogP contribution in [0.15, 0.2) is 45.8 Å². The van der Waals surface area contributed by atoms with Gasteiger partial charge in [0.1, 0.15) is 11.6 Å². The van der Waals surface area contributed by atoms with Crippen LogP contribution in [-0.4, -0.2) is 31.1 Å². The van der Waals surface area contributed by atoms with Crippen molar-refractivity contribution >= 4 is 27.3 Å². The lowest BCUT2D eigenvalue weighted by Crippen LogP contribution is -2.38. The molecule has 0 fully saturated rings. The van der Waals surface area contributed by atoms with Gasteiger partial charge in [0.25, 0.3) is 15.9 Å². The molecule has 11 heteroatoms. The molecular weight excluding hydrogens is 415 g/mol. The third-order valence-corrected chi connectivity index (χ3v) is 5.86. The highest BCUT2D eigenvalue weighted by Crippen LogP contribution is 2.35. The number of carbonyl (C=O) groups is 1. The highest BCUT2D eigenvalue weighted by molar-refractivity contribution is 7.92. The third kappa shape index (κ3) is 3.83. The highest BCUT2D eigenvalue weighted by Gasteiger charge is 2.29. The highest BCUT2D eigenvalue weighted by atomic mass is 32.2. The van der Waals surface area contributed by atoms with Crippen LogP contribution in [0.25, 0.3) is 0 Å². The van der Waals surface area contributed by atoms with Gasteiger partial charge in [-0.25, -0.2) is 12.8 Å². The summed E-state index contributed by atoms with van der Waals surface area (Å²) in [6, 6.07) is 8.15. The predicted octanol–water partition coefficient (Wildman–Crippen LogP) is 2.55. The van der Waals surface area contributed by atoms with Crippen molar-refractivity contribution in [1.29, 1.82) is 0 Å². The second-order valence-corrected chi connectivity index (χ2v) is 8.38. The van der Waals surface area contributed by atoms with Crippen LogP contribution in [0.5, 0.6) is 5.75 Å². The minimum absolute atomic E-state index is 0.00731. The molecule has 1 aromatic heterocycles. The lowest BCUT2D eigenvalue weighted by molar-refractivity contribution is -0.121. The molecule has 9 nitrogen and oxygen atoms in total. The van der Waals surface area contributed by atoms with E-state index in [0.717, 1.165) is 6.07 Å². The Bertz CT molecular complexity index is 1240. The smallest absolute Gasteiger partial charge is 0.265 e. The molecule has 0 saturated carbocycles. The van der Waals surface area contributed by atoms with E-state index in [4.69, 9.17) is 9.26 Å². The fourth-order valence-corrected chi connectivity index (χ4v) is 4.01. The Morgan fingerprint density at radius 1 is 1.20 bits per heavy atom. The number of aromatic nitrogens is 2. The molecule has 0 atom stereocenters. The van der Waals surface area contributed by atoms with E-state index < -0.39 is 15.8 Å². The summed E-state index contributed by atoms with van der Waals surface area (Å²) in [5.74, 6) is 0.0523. The number of nitrogens with one attached hydrogen (secondary N) is 1. The minimum Gasteiger partial charge on any atom is -0.482 e. The monoisotopic (exact) mass is 432 g/mol. The molecule has 0 saturated heterocycles. The predicted molar refractivity (Wildman–Crippen MR) is 104 cm³/mol. The van der Waals surface area contributed by atoms with E-state index in [2.05, 4.69) is 14.9 Å². The maximum absolute atomic E-state index is 13.8. The number of aryl methyl sites for hydroxylation is 2. The van der Waals surface area contributed by atoms with Crippen molar-refractivity contribution in [1.82, 2.24) is 10.1 Å². The maximum atomic E-state index is 13.8. The fraction of sp³-hybridized carbons (Fsp3) is 0.211. The topological polar surface area (TPSA) is 115 Å². The number of hydrogen-bond donors (Lipinski definition) is 1. The number of hydrogen-bond acceptors (Lipinski definition) is 7. The lowest BCUT2D eigenvalue weighted by Gasteiger charge is -2.28. The molecule has 4 rings (SSSR count). The summed E-state index contributed by atoms with van der Waals surface area (Å²) in [7, 11) is -4.05. The Morgan fingerprint density at radius 3 is 2.70 bits per heavy atom. The molecule has 1 N–H and O–H groups in total. The van der Waals surface area contributed by atoms with Gasteiger partial charge < -0.3 is 9.26 Å². The van der Waals surface area contributed by atoms with E-state index in [1.807, 2.05) is 0 Å². The van der Waals surface area contributed by atoms with Gasteiger partial charge in [-0.15, -0.1) is 0 Å². The SMILES string of the molecule is Cc1nc(CN2C(=O)COc3ccc(S(=O)(=O)Nc4ccc(C)c(F)c4)cc32)no1. The first-order valence-electron chi connectivity index (χ1n) is 8.88. The zero-order chi connectivity index (χ0) is 21.5. The van der Waals surface area contributed by atoms with Crippen molar-refractivity contribution in [3.05, 3.63) is 59.5 Å². The van der Waals surface area contributed by atoms with Gasteiger partial charge in [0, 0.05) is 6.92 Å². The number of benzene rings is 2. The van der Waals surface area contributed by atoms with Gasteiger partial charge in [-0.05, 0) is 42.8 Å². The summed E-state index contributed by atoms with van der Waals surface area (Å²) < 4.78 is 52.1. The Kier molecular flexibility index (Phi) is 4.90. The molecule has 1 amide bonds. The van der Waals surface area contributed by atoms with Crippen molar-refractivity contribution in [2.24, 2.45) is 0 Å². The van der Waals surface area contributed by atoms with Gasteiger partial charge in [-0.2, -0.15) is 4.98 Å². The molecule has 1 aliphatic heterocycles. The number of amides is 1. The largest absolute Gasteiger partial charge is 0.482 e. The van der Waals surface area contributed by atoms with Crippen LogP contribution in [0.2, 0.25) is 0 Å². The molecule has 156 valence electrons. The Morgan fingerprint density at radius 2 is 2.00 bits per heavy atom. The van der Waals surface area contributed by atoms with Crippen LogP contribution in [0.1, 0.15) is 17.3 Å². The Labute approximate surface area is 171 Å². The molecule has 2 aromatic carbocycles. The average Bonchev–Trinajstić information content (AvgIpc) is 3.11. The van der Waals surface area contributed by atoms with Crippen LogP contribution >= 0.6 is 0 Å². The van der Waals surface area contributed by atoms with Crippen molar-refractivity contribution in [3.63, 3.8) is 0 Å². The minimum atomic E-state index is -4.05. The van der Waals surface area contributed by atoms with E-state index in [-0.39, 0.29) is 41.2 Å². The first-order chi connectivity index (χ1) is 14.2. The van der Waals surface area contributed by atoms with Gasteiger partial charge in [0.15, 0.2) is 12.4 Å². The standard InChI is InChI=1S/C19H17FN4O5S/c1-11-3-4-13(7-15(11)20)23-30(26,27)14-5-6-17-16(8-14)24(19(25)10-28-17)9-18-21-12(2)29-22-18/h3-8,23H,9-10H2,1-2H3. The summed E-state index contributed by atoms with van der Waals surface area (Å²) in [4.78, 5) is 17.7. The fourth-order valence-electron chi connectivity index (χ4n) is 2.94. The molecule has 3 aromatic rings. The molecule has 30 heavy (non-hydrogen) atoms. The normalized spacial score (nSPS) is 13.7. The van der Waals surface area contributed by atoms with E-state index in [1.54, 1.807) is 13.8 Å². The van der Waals surface area contributed by atoms with Crippen LogP contribution in [0, 0.1) is 19.7 Å². The van der Waals surface area contributed by atoms with Crippen molar-refractivity contribution < 1.29 is 26.9 Å². The quantitative estimate of drug-likeness (QED) is 0.659. The van der Waals surface area contributed by atoms with Crippen LogP contribution in [0.4, 0.5) is 15.8 Å². The number of ether oxygens (including phenoxy) is 1. The summed E-state index contributed by atoms with van der Waals surface area (Å²) in [6.07, 6.45) is 0. The van der Waals surface area contributed by atoms with E-state index in [0.29, 0.717) is 17.2 Å². The zero-order valence-corrected chi connectivity index (χ0v) is 16.9. The number of anilines is 2. The maximum Gasteiger partial charge on any atom is 0.265 e. The van der Waals surface area contributed by atoms with Crippen LogP contribution in [0.3, 0.4) is 0 Å². The molecule has 0 radical (unpaired) electrons. The molecule has 0 unspecified atom stereocenters. The molecule has 1 aliphatic rings. The molecule has 2 heterocycles. The summed E-state index contributed by atoms with van der Waals surface area (Å²) in [5, 5.41) is 3.77. The van der Waals surface area contributed by atoms with Crippen LogP contribution in [-0.2, 0) is 21.4 Å². The number of rotatable bonds is 5. The molecule has 0 aliphatic carbocycles. The first-order valence-corrected chi connectivity index (χ1v) is 10.4. The zero-order valence-electron chi connectivity index (χ0n) is 16.0. The number of sulfonamides is 1. The van der Waals surface area contributed by atoms with Crippen LogP contribution < -0.4 is 14.4 Å². The Hall–Kier alpha value is -3.47. The van der Waals surface area contributed by atoms with E-state index >= 15 is 0 Å². The lowest BCUT2D eigenvalue weighted by atomic mass is 10.2. The third-order valence-electron chi connectivity index (χ3n) is 4.48. The van der Waals surface area contributed by atoms with Gasteiger partial charge in [-0.1, -0.05) is 11.2 Å². The van der Waals surface area contributed by atoms with E-state index in [1.165, 1.54) is 35.2 Å². The number of halogens is 1. The number of carbonyl (C=O) groups excluding carboxylic acids is 1. The first kappa shape index (κ1) is 19.8. The Balaban J connectivity index is 1.67.